The molecule has 4 heteroatoms. The highest BCUT2D eigenvalue weighted by Gasteiger charge is 2.05. The van der Waals surface area contributed by atoms with E-state index in [2.05, 4.69) is 23.4 Å². The third-order valence-electron chi connectivity index (χ3n) is 1.61. The Balaban J connectivity index is 2.50. The van der Waals surface area contributed by atoms with Gasteiger partial charge in [0.25, 0.3) is 0 Å². The van der Waals surface area contributed by atoms with Crippen LogP contribution < -0.4 is 5.73 Å². The summed E-state index contributed by atoms with van der Waals surface area (Å²) in [5.74, 6) is 0. The smallest absolute Gasteiger partial charge is 0.180 e. The van der Waals surface area contributed by atoms with E-state index in [9.17, 15) is 0 Å². The maximum absolute atomic E-state index is 5.55. The van der Waals surface area contributed by atoms with Crippen LogP contribution in [0.25, 0.3) is 9.75 Å². The van der Waals surface area contributed by atoms with Crippen LogP contribution in [-0.4, -0.2) is 4.98 Å². The molecular weight excluding hydrogens is 188 g/mol. The van der Waals surface area contributed by atoms with Gasteiger partial charge in [0.2, 0.25) is 0 Å². The summed E-state index contributed by atoms with van der Waals surface area (Å²) in [6.45, 7) is 2.10. The van der Waals surface area contributed by atoms with Crippen molar-refractivity contribution in [3.63, 3.8) is 0 Å². The third-order valence-corrected chi connectivity index (χ3v) is 3.63. The van der Waals surface area contributed by atoms with E-state index in [4.69, 9.17) is 5.73 Å². The molecular formula is C8H8N2S2. The van der Waals surface area contributed by atoms with Crippen molar-refractivity contribution in [1.29, 1.82) is 0 Å². The van der Waals surface area contributed by atoms with Gasteiger partial charge in [-0.3, -0.25) is 0 Å². The van der Waals surface area contributed by atoms with Crippen molar-refractivity contribution in [1.82, 2.24) is 4.98 Å². The van der Waals surface area contributed by atoms with Crippen molar-refractivity contribution in [2.45, 2.75) is 6.92 Å². The van der Waals surface area contributed by atoms with E-state index in [0.29, 0.717) is 5.13 Å². The van der Waals surface area contributed by atoms with Crippen molar-refractivity contribution in [3.8, 4) is 9.75 Å². The van der Waals surface area contributed by atoms with Gasteiger partial charge in [-0.1, -0.05) is 11.3 Å². The predicted octanol–water partition coefficient (Wildman–Crippen LogP) is 2.76. The summed E-state index contributed by atoms with van der Waals surface area (Å²) < 4.78 is 0. The Hall–Kier alpha value is -0.870. The van der Waals surface area contributed by atoms with E-state index in [0.717, 1.165) is 0 Å². The summed E-state index contributed by atoms with van der Waals surface area (Å²) in [7, 11) is 0. The lowest BCUT2D eigenvalue weighted by atomic mass is 10.3. The number of aromatic nitrogens is 1. The van der Waals surface area contributed by atoms with Gasteiger partial charge in [-0.25, -0.2) is 4.98 Å². The predicted molar refractivity (Wildman–Crippen MR) is 54.6 cm³/mol. The first-order valence-corrected chi connectivity index (χ1v) is 5.23. The molecule has 2 N–H and O–H groups in total. The van der Waals surface area contributed by atoms with Crippen LogP contribution in [0.1, 0.15) is 5.56 Å². The molecule has 0 amide bonds. The van der Waals surface area contributed by atoms with Gasteiger partial charge < -0.3 is 5.73 Å². The molecule has 2 aromatic rings. The van der Waals surface area contributed by atoms with Crippen LogP contribution >= 0.6 is 22.7 Å². The first-order chi connectivity index (χ1) is 5.77. The van der Waals surface area contributed by atoms with Gasteiger partial charge in [-0.15, -0.1) is 11.3 Å². The molecule has 0 spiro atoms. The first-order valence-electron chi connectivity index (χ1n) is 3.53. The lowest BCUT2D eigenvalue weighted by molar-refractivity contribution is 1.42. The molecule has 2 nitrogen and oxygen atoms in total. The minimum absolute atomic E-state index is 0.637. The molecule has 0 saturated carbocycles. The standard InChI is InChI=1S/C8H8N2S2/c1-5-2-3-11-7(5)6-4-10-8(9)12-6/h2-4H,1H3,(H2,9,10). The van der Waals surface area contributed by atoms with E-state index < -0.39 is 0 Å². The molecule has 0 aliphatic carbocycles. The molecule has 0 radical (unpaired) electrons. The van der Waals surface area contributed by atoms with Crippen LogP contribution in [0.4, 0.5) is 5.13 Å². The molecule has 0 fully saturated rings. The van der Waals surface area contributed by atoms with Crippen LogP contribution in [0.5, 0.6) is 0 Å². The van der Waals surface area contributed by atoms with E-state index in [1.807, 2.05) is 6.20 Å². The SMILES string of the molecule is Cc1ccsc1-c1cnc(N)s1. The Morgan fingerprint density at radius 2 is 2.33 bits per heavy atom. The fourth-order valence-electron chi connectivity index (χ4n) is 1.02. The number of thiophene rings is 1. The molecule has 0 aromatic carbocycles. The number of nitrogens with zero attached hydrogens (tertiary/aromatic N) is 1. The average Bonchev–Trinajstić information content (AvgIpc) is 2.58. The Kier molecular flexibility index (Phi) is 1.86. The van der Waals surface area contributed by atoms with Gasteiger partial charge >= 0.3 is 0 Å². The Morgan fingerprint density at radius 3 is 2.83 bits per heavy atom. The molecule has 0 aliphatic rings. The van der Waals surface area contributed by atoms with Crippen LogP contribution in [-0.2, 0) is 0 Å². The minimum atomic E-state index is 0.637. The minimum Gasteiger partial charge on any atom is -0.375 e. The first kappa shape index (κ1) is 7.76. The summed E-state index contributed by atoms with van der Waals surface area (Å²) in [5.41, 5.74) is 6.84. The van der Waals surface area contributed by atoms with Crippen molar-refractivity contribution in [2.75, 3.05) is 5.73 Å². The van der Waals surface area contributed by atoms with Crippen molar-refractivity contribution >= 4 is 27.8 Å². The van der Waals surface area contributed by atoms with E-state index in [1.165, 1.54) is 26.7 Å². The molecule has 0 bridgehead atoms. The highest BCUT2D eigenvalue weighted by molar-refractivity contribution is 7.23. The van der Waals surface area contributed by atoms with Crippen LogP contribution in [0, 0.1) is 6.92 Å². The van der Waals surface area contributed by atoms with Gasteiger partial charge in [0.15, 0.2) is 5.13 Å². The van der Waals surface area contributed by atoms with Gasteiger partial charge in [0.1, 0.15) is 0 Å². The number of aryl methyl sites for hydroxylation is 1. The second kappa shape index (κ2) is 2.88. The van der Waals surface area contributed by atoms with Gasteiger partial charge in [0.05, 0.1) is 4.88 Å². The lowest BCUT2D eigenvalue weighted by Gasteiger charge is -1.90. The van der Waals surface area contributed by atoms with E-state index in [1.54, 1.807) is 11.3 Å². The number of anilines is 1. The maximum Gasteiger partial charge on any atom is 0.180 e. The summed E-state index contributed by atoms with van der Waals surface area (Å²) in [4.78, 5) is 6.46. The second-order valence-corrected chi connectivity index (χ2v) is 4.47. The highest BCUT2D eigenvalue weighted by Crippen LogP contribution is 2.33. The largest absolute Gasteiger partial charge is 0.375 e. The van der Waals surface area contributed by atoms with Crippen LogP contribution in [0.2, 0.25) is 0 Å². The number of nitrogens with two attached hydrogens (primary N) is 1. The molecule has 0 aliphatic heterocycles. The second-order valence-electron chi connectivity index (χ2n) is 2.50. The third kappa shape index (κ3) is 1.23. The van der Waals surface area contributed by atoms with Gasteiger partial charge in [0, 0.05) is 11.1 Å². The normalized spacial score (nSPS) is 10.4. The molecule has 2 rings (SSSR count). The zero-order valence-electron chi connectivity index (χ0n) is 6.57. The van der Waals surface area contributed by atoms with Crippen molar-refractivity contribution in [2.24, 2.45) is 0 Å². The Morgan fingerprint density at radius 1 is 1.50 bits per heavy atom. The summed E-state index contributed by atoms with van der Waals surface area (Å²) in [6.07, 6.45) is 1.83. The van der Waals surface area contributed by atoms with E-state index >= 15 is 0 Å². The quantitative estimate of drug-likeness (QED) is 0.761. The number of thiazole rings is 1. The lowest BCUT2D eigenvalue weighted by Crippen LogP contribution is -1.77. The number of rotatable bonds is 1. The summed E-state index contributed by atoms with van der Waals surface area (Å²) in [6, 6.07) is 2.11. The molecule has 0 unspecified atom stereocenters. The molecule has 0 atom stereocenters. The Bertz CT molecular complexity index is 389. The molecule has 0 saturated heterocycles. The summed E-state index contributed by atoms with van der Waals surface area (Å²) >= 11 is 3.27. The monoisotopic (exact) mass is 196 g/mol. The average molecular weight is 196 g/mol. The zero-order valence-corrected chi connectivity index (χ0v) is 8.21. The summed E-state index contributed by atoms with van der Waals surface area (Å²) in [5, 5.41) is 2.72. The molecule has 2 aromatic heterocycles. The molecule has 62 valence electrons. The fraction of sp³-hybridized carbons (Fsp3) is 0.125. The fourth-order valence-corrected chi connectivity index (χ4v) is 2.81. The number of nitrogen functional groups attached to an aromatic ring is 1. The maximum atomic E-state index is 5.55. The highest BCUT2D eigenvalue weighted by atomic mass is 32.1. The van der Waals surface area contributed by atoms with Gasteiger partial charge in [-0.05, 0) is 23.9 Å². The number of hydrogen-bond acceptors (Lipinski definition) is 4. The topological polar surface area (TPSA) is 38.9 Å². The molecule has 2 heterocycles. The van der Waals surface area contributed by atoms with E-state index in [-0.39, 0.29) is 0 Å². The molecule has 12 heavy (non-hydrogen) atoms. The Labute approximate surface area is 78.7 Å². The van der Waals surface area contributed by atoms with Crippen LogP contribution in [0.3, 0.4) is 0 Å². The number of hydrogen-bond donors (Lipinski definition) is 1. The van der Waals surface area contributed by atoms with Crippen molar-refractivity contribution < 1.29 is 0 Å². The van der Waals surface area contributed by atoms with Crippen LogP contribution in [0.15, 0.2) is 17.6 Å². The van der Waals surface area contributed by atoms with Gasteiger partial charge in [-0.2, -0.15) is 0 Å². The van der Waals surface area contributed by atoms with Crippen molar-refractivity contribution in [3.05, 3.63) is 23.2 Å². The zero-order chi connectivity index (χ0) is 8.55.